The summed E-state index contributed by atoms with van der Waals surface area (Å²) in [6.45, 7) is 12.3. The zero-order chi connectivity index (χ0) is 34.1. The average Bonchev–Trinajstić information content (AvgIpc) is 3.53. The first-order valence-electron chi connectivity index (χ1n) is 17.4. The van der Waals surface area contributed by atoms with Crippen LogP contribution in [0, 0.1) is 12.7 Å². The Kier molecular flexibility index (Phi) is 9.57. The normalized spacial score (nSPS) is 19.2. The number of rotatable bonds is 9. The van der Waals surface area contributed by atoms with Gasteiger partial charge >= 0.3 is 5.69 Å². The van der Waals surface area contributed by atoms with Crippen molar-refractivity contribution in [3.63, 3.8) is 0 Å². The van der Waals surface area contributed by atoms with Crippen molar-refractivity contribution in [2.45, 2.75) is 77.7 Å². The number of benzene rings is 2. The van der Waals surface area contributed by atoms with E-state index in [1.807, 2.05) is 31.2 Å². The predicted molar refractivity (Wildman–Crippen MR) is 188 cm³/mol. The van der Waals surface area contributed by atoms with Gasteiger partial charge in [-0.3, -0.25) is 19.2 Å². The number of nitrogens with zero attached hydrogens (tertiary/aromatic N) is 6. The number of aryl methyl sites for hydroxylation is 1. The Labute approximate surface area is 285 Å². The molecule has 1 aliphatic heterocycles. The molecule has 1 saturated carbocycles. The van der Waals surface area contributed by atoms with Crippen LogP contribution in [0.4, 0.5) is 4.39 Å². The fourth-order valence-corrected chi connectivity index (χ4v) is 7.34. The maximum Gasteiger partial charge on any atom is 0.337 e. The average molecular weight is 666 g/mol. The maximum atomic E-state index is 14.5. The predicted octanol–water partition coefficient (Wildman–Crippen LogP) is 5.45. The van der Waals surface area contributed by atoms with Gasteiger partial charge in [-0.05, 0) is 81.3 Å². The van der Waals surface area contributed by atoms with E-state index in [1.54, 1.807) is 6.20 Å². The molecule has 1 aliphatic carbocycles. The van der Waals surface area contributed by atoms with Crippen LogP contribution < -0.4 is 16.6 Å². The molecule has 0 atom stereocenters. The van der Waals surface area contributed by atoms with E-state index in [2.05, 4.69) is 63.4 Å². The van der Waals surface area contributed by atoms with E-state index in [0.717, 1.165) is 74.2 Å². The molecule has 7 rings (SSSR count). The second-order valence-corrected chi connectivity index (χ2v) is 13.8. The number of nitrogens with one attached hydrogen (secondary N) is 1. The number of fused-ring (bicyclic) bond motifs is 1. The van der Waals surface area contributed by atoms with Gasteiger partial charge < -0.3 is 9.84 Å². The van der Waals surface area contributed by atoms with Crippen LogP contribution in [-0.2, 0) is 13.1 Å². The highest BCUT2D eigenvalue weighted by Crippen LogP contribution is 2.29. The lowest BCUT2D eigenvalue weighted by molar-refractivity contribution is 0.104. The van der Waals surface area contributed by atoms with Crippen molar-refractivity contribution >= 4 is 11.0 Å². The second-order valence-electron chi connectivity index (χ2n) is 13.8. The summed E-state index contributed by atoms with van der Waals surface area (Å²) in [6.07, 6.45) is 5.65. The molecule has 49 heavy (non-hydrogen) atoms. The fourth-order valence-electron chi connectivity index (χ4n) is 7.34. The molecule has 256 valence electrons. The lowest BCUT2D eigenvalue weighted by atomic mass is 9.90. The minimum Gasteiger partial charge on any atom is -0.361 e. The van der Waals surface area contributed by atoms with E-state index < -0.39 is 17.1 Å². The van der Waals surface area contributed by atoms with E-state index in [-0.39, 0.29) is 23.1 Å². The Balaban J connectivity index is 1.13. The molecule has 1 saturated heterocycles. The van der Waals surface area contributed by atoms with Gasteiger partial charge in [-0.1, -0.05) is 41.6 Å². The summed E-state index contributed by atoms with van der Waals surface area (Å²) in [5, 5.41) is 7.49. The standard InChI is InChI=1S/C38H44FN7O3/c1-25(2)44-17-15-43(16-18-44)24-27-7-9-28(10-8-27)29-5-4-6-34(19-29)45-36-35(20-31(39)23-41-36)37(47)46(38(45)48)33-13-11-32(12-14-33)40-21-30-22-42-49-26(30)3/h4-10,19-20,22-23,25,32-33,40H,11-18,21,24H2,1-3H3. The van der Waals surface area contributed by atoms with Gasteiger partial charge in [0.2, 0.25) is 0 Å². The molecule has 0 amide bonds. The molecular formula is C38H44FN7O3. The van der Waals surface area contributed by atoms with Crippen LogP contribution in [0.5, 0.6) is 0 Å². The summed E-state index contributed by atoms with van der Waals surface area (Å²) in [5.41, 5.74) is 3.99. The summed E-state index contributed by atoms with van der Waals surface area (Å²) in [6, 6.07) is 18.0. The van der Waals surface area contributed by atoms with Gasteiger partial charge in [-0.15, -0.1) is 0 Å². The van der Waals surface area contributed by atoms with E-state index in [9.17, 15) is 14.0 Å². The first-order valence-corrected chi connectivity index (χ1v) is 17.4. The number of hydrogen-bond donors (Lipinski definition) is 1. The molecule has 0 spiro atoms. The van der Waals surface area contributed by atoms with Crippen LogP contribution in [0.25, 0.3) is 27.8 Å². The van der Waals surface area contributed by atoms with Crippen LogP contribution in [-0.4, -0.2) is 67.3 Å². The summed E-state index contributed by atoms with van der Waals surface area (Å²) in [5.74, 6) is 0.173. The van der Waals surface area contributed by atoms with E-state index in [1.165, 1.54) is 20.8 Å². The SMILES string of the molecule is Cc1oncc1CNC1CCC(n2c(=O)c3cc(F)cnc3n(-c3cccc(-c4ccc(CN5CCN(C(C)C)CC5)cc4)c3)c2=O)CC1. The van der Waals surface area contributed by atoms with Crippen LogP contribution in [0.1, 0.15) is 62.5 Å². The summed E-state index contributed by atoms with van der Waals surface area (Å²) >= 11 is 0. The molecule has 2 aliphatic rings. The molecule has 0 radical (unpaired) electrons. The first-order chi connectivity index (χ1) is 23.7. The zero-order valence-electron chi connectivity index (χ0n) is 28.4. The van der Waals surface area contributed by atoms with Crippen molar-refractivity contribution in [2.75, 3.05) is 26.2 Å². The lowest BCUT2D eigenvalue weighted by Gasteiger charge is -2.36. The van der Waals surface area contributed by atoms with E-state index >= 15 is 0 Å². The molecule has 2 fully saturated rings. The van der Waals surface area contributed by atoms with Crippen molar-refractivity contribution in [1.82, 2.24) is 34.4 Å². The quantitative estimate of drug-likeness (QED) is 0.222. The largest absolute Gasteiger partial charge is 0.361 e. The van der Waals surface area contributed by atoms with Crippen molar-refractivity contribution in [3.8, 4) is 16.8 Å². The highest BCUT2D eigenvalue weighted by molar-refractivity contribution is 5.76. The van der Waals surface area contributed by atoms with Gasteiger partial charge in [0, 0.05) is 63.0 Å². The summed E-state index contributed by atoms with van der Waals surface area (Å²) in [7, 11) is 0. The zero-order valence-corrected chi connectivity index (χ0v) is 28.4. The van der Waals surface area contributed by atoms with Crippen LogP contribution >= 0.6 is 0 Å². The molecule has 3 aromatic heterocycles. The van der Waals surface area contributed by atoms with E-state index in [4.69, 9.17) is 4.52 Å². The number of piperazine rings is 1. The fraction of sp³-hybridized carbons (Fsp3) is 0.421. The van der Waals surface area contributed by atoms with Crippen molar-refractivity contribution < 1.29 is 8.91 Å². The molecule has 2 aromatic carbocycles. The Bertz CT molecular complexity index is 2040. The lowest BCUT2D eigenvalue weighted by Crippen LogP contribution is -2.48. The van der Waals surface area contributed by atoms with Crippen LogP contribution in [0.2, 0.25) is 0 Å². The Morgan fingerprint density at radius 3 is 2.39 bits per heavy atom. The van der Waals surface area contributed by atoms with Gasteiger partial charge in [0.25, 0.3) is 5.56 Å². The third-order valence-corrected chi connectivity index (χ3v) is 10.3. The molecule has 1 N–H and O–H groups in total. The highest BCUT2D eigenvalue weighted by atomic mass is 19.1. The van der Waals surface area contributed by atoms with Gasteiger partial charge in [-0.2, -0.15) is 0 Å². The topological polar surface area (TPSA) is 101 Å². The highest BCUT2D eigenvalue weighted by Gasteiger charge is 2.27. The third-order valence-electron chi connectivity index (χ3n) is 10.3. The third kappa shape index (κ3) is 7.01. The second kappa shape index (κ2) is 14.2. The molecule has 10 nitrogen and oxygen atoms in total. The Morgan fingerprint density at radius 1 is 0.939 bits per heavy atom. The number of aromatic nitrogens is 4. The Morgan fingerprint density at radius 2 is 1.69 bits per heavy atom. The van der Waals surface area contributed by atoms with Gasteiger partial charge in [0.1, 0.15) is 11.6 Å². The number of hydrogen-bond acceptors (Lipinski definition) is 8. The smallest absolute Gasteiger partial charge is 0.337 e. The van der Waals surface area contributed by atoms with Gasteiger partial charge in [0.05, 0.1) is 23.5 Å². The van der Waals surface area contributed by atoms with Crippen molar-refractivity contribution in [3.05, 3.63) is 111 Å². The van der Waals surface area contributed by atoms with Crippen LogP contribution in [0.3, 0.4) is 0 Å². The molecule has 11 heteroatoms. The summed E-state index contributed by atoms with van der Waals surface area (Å²) < 4.78 is 22.5. The minimum atomic E-state index is -0.617. The first kappa shape index (κ1) is 33.1. The molecule has 5 aromatic rings. The van der Waals surface area contributed by atoms with Gasteiger partial charge in [0.15, 0.2) is 5.65 Å². The minimum absolute atomic E-state index is 0.0896. The van der Waals surface area contributed by atoms with Crippen molar-refractivity contribution in [1.29, 1.82) is 0 Å². The maximum absolute atomic E-state index is 14.5. The molecule has 0 bridgehead atoms. The Hall–Kier alpha value is -4.45. The number of pyridine rings is 1. The van der Waals surface area contributed by atoms with Crippen molar-refractivity contribution in [2.24, 2.45) is 0 Å². The van der Waals surface area contributed by atoms with Gasteiger partial charge in [-0.25, -0.2) is 18.7 Å². The molecular weight excluding hydrogens is 621 g/mol. The molecule has 0 unspecified atom stereocenters. The van der Waals surface area contributed by atoms with E-state index in [0.29, 0.717) is 31.1 Å². The van der Waals surface area contributed by atoms with Crippen LogP contribution in [0.15, 0.2) is 81.1 Å². The molecule has 4 heterocycles. The summed E-state index contributed by atoms with van der Waals surface area (Å²) in [4.78, 5) is 37.4. The monoisotopic (exact) mass is 665 g/mol. The number of halogens is 1.